The van der Waals surface area contributed by atoms with Crippen LogP contribution in [0.25, 0.3) is 0 Å². The molecule has 0 aliphatic carbocycles. The van der Waals surface area contributed by atoms with Gasteiger partial charge in [-0.25, -0.2) is 4.39 Å². The molecule has 0 saturated carbocycles. The minimum Gasteiger partial charge on any atom is -0.383 e. The van der Waals surface area contributed by atoms with Crippen LogP contribution in [0.3, 0.4) is 0 Å². The van der Waals surface area contributed by atoms with E-state index < -0.39 is 0 Å². The van der Waals surface area contributed by atoms with Gasteiger partial charge in [0.25, 0.3) is 0 Å². The molecular formula is C10H15FN2O. The predicted octanol–water partition coefficient (Wildman–Crippen LogP) is 1.52. The van der Waals surface area contributed by atoms with Gasteiger partial charge in [-0.15, -0.1) is 0 Å². The van der Waals surface area contributed by atoms with E-state index in [9.17, 15) is 4.39 Å². The van der Waals surface area contributed by atoms with E-state index in [-0.39, 0.29) is 11.9 Å². The lowest BCUT2D eigenvalue weighted by Crippen LogP contribution is -2.23. The maximum Gasteiger partial charge on any atom is 0.141 e. The SMILES string of the molecule is COCCNC(C)c1ccc(F)cn1. The average Bonchev–Trinajstić information content (AvgIpc) is 2.19. The van der Waals surface area contributed by atoms with Crippen LogP contribution in [-0.2, 0) is 4.74 Å². The molecule has 0 aliphatic rings. The number of halogens is 1. The minimum absolute atomic E-state index is 0.116. The number of rotatable bonds is 5. The molecule has 0 amide bonds. The van der Waals surface area contributed by atoms with Crippen LogP contribution in [0.4, 0.5) is 4.39 Å². The number of aromatic nitrogens is 1. The van der Waals surface area contributed by atoms with Gasteiger partial charge in [0.15, 0.2) is 0 Å². The zero-order chi connectivity index (χ0) is 10.4. The van der Waals surface area contributed by atoms with Crippen LogP contribution in [-0.4, -0.2) is 25.2 Å². The molecule has 1 aromatic heterocycles. The Kier molecular flexibility index (Phi) is 4.49. The van der Waals surface area contributed by atoms with Crippen molar-refractivity contribution in [2.75, 3.05) is 20.3 Å². The largest absolute Gasteiger partial charge is 0.383 e. The van der Waals surface area contributed by atoms with Gasteiger partial charge in [0.1, 0.15) is 5.82 Å². The lowest BCUT2D eigenvalue weighted by molar-refractivity contribution is 0.196. The Morgan fingerprint density at radius 1 is 1.57 bits per heavy atom. The fraction of sp³-hybridized carbons (Fsp3) is 0.500. The summed E-state index contributed by atoms with van der Waals surface area (Å²) in [4.78, 5) is 3.98. The molecule has 1 aromatic rings. The molecule has 1 atom stereocenters. The van der Waals surface area contributed by atoms with Gasteiger partial charge in [-0.2, -0.15) is 0 Å². The van der Waals surface area contributed by atoms with E-state index in [2.05, 4.69) is 10.3 Å². The lowest BCUT2D eigenvalue weighted by Gasteiger charge is -2.12. The molecule has 1 heterocycles. The first-order valence-electron chi connectivity index (χ1n) is 4.58. The number of hydrogen-bond donors (Lipinski definition) is 1. The van der Waals surface area contributed by atoms with Crippen molar-refractivity contribution in [2.24, 2.45) is 0 Å². The molecule has 0 radical (unpaired) electrons. The molecule has 4 heteroatoms. The lowest BCUT2D eigenvalue weighted by atomic mass is 10.2. The first kappa shape index (κ1) is 11.1. The quantitative estimate of drug-likeness (QED) is 0.728. The van der Waals surface area contributed by atoms with Crippen LogP contribution >= 0.6 is 0 Å². The number of nitrogens with zero attached hydrogens (tertiary/aromatic N) is 1. The van der Waals surface area contributed by atoms with Crippen LogP contribution < -0.4 is 5.32 Å². The van der Waals surface area contributed by atoms with Crippen molar-refractivity contribution in [2.45, 2.75) is 13.0 Å². The minimum atomic E-state index is -0.308. The zero-order valence-electron chi connectivity index (χ0n) is 8.46. The zero-order valence-corrected chi connectivity index (χ0v) is 8.46. The molecule has 0 spiro atoms. The summed E-state index contributed by atoms with van der Waals surface area (Å²) >= 11 is 0. The Labute approximate surface area is 83.3 Å². The van der Waals surface area contributed by atoms with E-state index in [0.29, 0.717) is 6.61 Å². The highest BCUT2D eigenvalue weighted by Crippen LogP contribution is 2.08. The van der Waals surface area contributed by atoms with Gasteiger partial charge in [0.05, 0.1) is 18.5 Å². The normalized spacial score (nSPS) is 12.8. The Morgan fingerprint density at radius 2 is 2.36 bits per heavy atom. The highest BCUT2D eigenvalue weighted by molar-refractivity contribution is 5.08. The number of hydrogen-bond acceptors (Lipinski definition) is 3. The number of pyridine rings is 1. The summed E-state index contributed by atoms with van der Waals surface area (Å²) < 4.78 is 17.5. The summed E-state index contributed by atoms with van der Waals surface area (Å²) in [6.45, 7) is 3.40. The van der Waals surface area contributed by atoms with Gasteiger partial charge in [0, 0.05) is 19.7 Å². The van der Waals surface area contributed by atoms with E-state index in [4.69, 9.17) is 4.74 Å². The molecule has 14 heavy (non-hydrogen) atoms. The van der Waals surface area contributed by atoms with Crippen molar-refractivity contribution in [1.82, 2.24) is 10.3 Å². The van der Waals surface area contributed by atoms with Crippen LogP contribution in [0.5, 0.6) is 0 Å². The third-order valence-electron chi connectivity index (χ3n) is 1.95. The third kappa shape index (κ3) is 3.40. The number of ether oxygens (including phenoxy) is 1. The Hall–Kier alpha value is -1.00. The Bertz CT molecular complexity index is 263. The molecule has 0 bridgehead atoms. The Balaban J connectivity index is 2.43. The molecule has 0 aromatic carbocycles. The van der Waals surface area contributed by atoms with Gasteiger partial charge >= 0.3 is 0 Å². The number of nitrogens with one attached hydrogen (secondary N) is 1. The van der Waals surface area contributed by atoms with Crippen molar-refractivity contribution in [3.05, 3.63) is 29.8 Å². The van der Waals surface area contributed by atoms with E-state index in [1.807, 2.05) is 6.92 Å². The molecule has 1 unspecified atom stereocenters. The topological polar surface area (TPSA) is 34.1 Å². The monoisotopic (exact) mass is 198 g/mol. The first-order chi connectivity index (χ1) is 6.74. The molecule has 0 fully saturated rings. The molecule has 0 aliphatic heterocycles. The van der Waals surface area contributed by atoms with Crippen molar-refractivity contribution >= 4 is 0 Å². The van der Waals surface area contributed by atoms with Gasteiger partial charge in [-0.3, -0.25) is 4.98 Å². The molecule has 0 saturated heterocycles. The molecule has 1 rings (SSSR count). The van der Waals surface area contributed by atoms with Crippen LogP contribution in [0.15, 0.2) is 18.3 Å². The molecule has 1 N–H and O–H groups in total. The maximum atomic E-state index is 12.6. The first-order valence-corrected chi connectivity index (χ1v) is 4.58. The maximum absolute atomic E-state index is 12.6. The smallest absolute Gasteiger partial charge is 0.141 e. The summed E-state index contributed by atoms with van der Waals surface area (Å²) in [5.74, 6) is -0.308. The number of methoxy groups -OCH3 is 1. The van der Waals surface area contributed by atoms with E-state index in [1.165, 1.54) is 12.3 Å². The molecule has 78 valence electrons. The predicted molar refractivity (Wildman–Crippen MR) is 52.5 cm³/mol. The van der Waals surface area contributed by atoms with Gasteiger partial charge in [0.2, 0.25) is 0 Å². The fourth-order valence-electron chi connectivity index (χ4n) is 1.13. The van der Waals surface area contributed by atoms with Crippen LogP contribution in [0.2, 0.25) is 0 Å². The van der Waals surface area contributed by atoms with Crippen molar-refractivity contribution in [1.29, 1.82) is 0 Å². The third-order valence-corrected chi connectivity index (χ3v) is 1.95. The second-order valence-electron chi connectivity index (χ2n) is 3.07. The van der Waals surface area contributed by atoms with Crippen LogP contribution in [0.1, 0.15) is 18.7 Å². The molecular weight excluding hydrogens is 183 g/mol. The average molecular weight is 198 g/mol. The van der Waals surface area contributed by atoms with Gasteiger partial charge < -0.3 is 10.1 Å². The Morgan fingerprint density at radius 3 is 2.93 bits per heavy atom. The van der Waals surface area contributed by atoms with Crippen molar-refractivity contribution < 1.29 is 9.13 Å². The second kappa shape index (κ2) is 5.67. The highest BCUT2D eigenvalue weighted by atomic mass is 19.1. The van der Waals surface area contributed by atoms with E-state index >= 15 is 0 Å². The molecule has 3 nitrogen and oxygen atoms in total. The summed E-state index contributed by atoms with van der Waals surface area (Å²) in [7, 11) is 1.66. The van der Waals surface area contributed by atoms with Gasteiger partial charge in [-0.05, 0) is 19.1 Å². The van der Waals surface area contributed by atoms with E-state index in [0.717, 1.165) is 12.2 Å². The summed E-state index contributed by atoms with van der Waals surface area (Å²) in [5, 5.41) is 3.21. The van der Waals surface area contributed by atoms with Gasteiger partial charge in [-0.1, -0.05) is 0 Å². The van der Waals surface area contributed by atoms with Crippen molar-refractivity contribution in [3.63, 3.8) is 0 Å². The second-order valence-corrected chi connectivity index (χ2v) is 3.07. The highest BCUT2D eigenvalue weighted by Gasteiger charge is 2.05. The summed E-state index contributed by atoms with van der Waals surface area (Å²) in [6, 6.07) is 3.21. The van der Waals surface area contributed by atoms with Crippen LogP contribution in [0, 0.1) is 5.82 Å². The van der Waals surface area contributed by atoms with E-state index in [1.54, 1.807) is 13.2 Å². The summed E-state index contributed by atoms with van der Waals surface area (Å²) in [5.41, 5.74) is 0.836. The fourth-order valence-corrected chi connectivity index (χ4v) is 1.13. The standard InChI is InChI=1S/C10H15FN2O/c1-8(12-5-6-14-2)10-4-3-9(11)7-13-10/h3-4,7-8,12H,5-6H2,1-2H3. The summed E-state index contributed by atoms with van der Waals surface area (Å²) in [6.07, 6.45) is 1.23. The van der Waals surface area contributed by atoms with Crippen molar-refractivity contribution in [3.8, 4) is 0 Å².